The smallest absolute Gasteiger partial charge is 0.240 e. The van der Waals surface area contributed by atoms with Crippen LogP contribution in [0.15, 0.2) is 46.6 Å². The van der Waals surface area contributed by atoms with Crippen molar-refractivity contribution in [3.05, 3.63) is 67.6 Å². The lowest BCUT2D eigenvalue weighted by Crippen LogP contribution is -2.20. The average molecular weight is 516 g/mol. The minimum atomic E-state index is -0.238. The predicted octanol–water partition coefficient (Wildman–Crippen LogP) is 6.24. The number of amides is 2. The first-order chi connectivity index (χ1) is 15.2. The van der Waals surface area contributed by atoms with Gasteiger partial charge in [0.25, 0.3) is 0 Å². The van der Waals surface area contributed by atoms with Crippen molar-refractivity contribution in [3.63, 3.8) is 0 Å². The van der Waals surface area contributed by atoms with E-state index >= 15 is 0 Å². The van der Waals surface area contributed by atoms with Crippen LogP contribution in [0, 0.1) is 0 Å². The minimum absolute atomic E-state index is 0.238. The third-order valence-corrected chi connectivity index (χ3v) is 5.91. The van der Waals surface area contributed by atoms with Crippen LogP contribution in [0.2, 0.25) is 20.1 Å². The predicted molar refractivity (Wildman–Crippen MR) is 132 cm³/mol. The molecule has 32 heavy (non-hydrogen) atoms. The molecule has 0 aliphatic rings. The summed E-state index contributed by atoms with van der Waals surface area (Å²) in [7, 11) is 0. The van der Waals surface area contributed by atoms with Gasteiger partial charge < -0.3 is 0 Å². The minimum Gasteiger partial charge on any atom is -0.273 e. The first-order valence-corrected chi connectivity index (χ1v) is 11.3. The summed E-state index contributed by atoms with van der Waals surface area (Å²) in [4.78, 5) is 23.9. The van der Waals surface area contributed by atoms with E-state index in [0.29, 0.717) is 44.4 Å². The lowest BCUT2D eigenvalue weighted by Gasteiger charge is -2.05. The Bertz CT molecular complexity index is 971. The van der Waals surface area contributed by atoms with Gasteiger partial charge in [0.15, 0.2) is 0 Å². The molecule has 2 aromatic rings. The molecule has 0 saturated carbocycles. The van der Waals surface area contributed by atoms with Crippen LogP contribution in [0.1, 0.15) is 50.7 Å². The molecule has 0 spiro atoms. The summed E-state index contributed by atoms with van der Waals surface area (Å²) >= 11 is 23.8. The zero-order valence-electron chi connectivity index (χ0n) is 17.5. The Kier molecular flexibility index (Phi) is 10.5. The van der Waals surface area contributed by atoms with Gasteiger partial charge in [0.05, 0.1) is 31.5 Å². The Labute approximate surface area is 207 Å². The van der Waals surface area contributed by atoms with Gasteiger partial charge in [-0.15, -0.1) is 0 Å². The van der Waals surface area contributed by atoms with Crippen LogP contribution in [-0.4, -0.2) is 23.2 Å². The van der Waals surface area contributed by atoms with E-state index in [1.807, 2.05) is 0 Å². The summed E-state index contributed by atoms with van der Waals surface area (Å²) < 4.78 is 0. The van der Waals surface area contributed by atoms with Gasteiger partial charge in [-0.2, -0.15) is 10.2 Å². The molecule has 6 nitrogen and oxygen atoms in total. The normalized spacial score (nSPS) is 11.9. The lowest BCUT2D eigenvalue weighted by molar-refractivity contribution is -0.123. The van der Waals surface area contributed by atoms with Crippen molar-refractivity contribution < 1.29 is 9.59 Å². The van der Waals surface area contributed by atoms with E-state index in [9.17, 15) is 9.59 Å². The Morgan fingerprint density at radius 1 is 0.688 bits per heavy atom. The molecule has 2 N–H and O–H groups in total. The number of halogens is 4. The number of nitrogens with one attached hydrogen (secondary N) is 2. The van der Waals surface area contributed by atoms with Crippen molar-refractivity contribution in [3.8, 4) is 0 Å². The van der Waals surface area contributed by atoms with Gasteiger partial charge >= 0.3 is 0 Å². The molecule has 0 radical (unpaired) electrons. The van der Waals surface area contributed by atoms with Gasteiger partial charge in [-0.1, -0.05) is 58.5 Å². The maximum absolute atomic E-state index is 12.0. The maximum atomic E-state index is 12.0. The highest BCUT2D eigenvalue weighted by atomic mass is 35.5. The average Bonchev–Trinajstić information content (AvgIpc) is 2.77. The van der Waals surface area contributed by atoms with E-state index in [1.54, 1.807) is 50.2 Å². The van der Waals surface area contributed by atoms with Crippen molar-refractivity contribution in [2.45, 2.75) is 39.5 Å². The molecular formula is C22H22Cl4N4O2. The summed E-state index contributed by atoms with van der Waals surface area (Å²) in [5, 5.41) is 9.87. The number of rotatable bonds is 9. The van der Waals surface area contributed by atoms with E-state index in [-0.39, 0.29) is 24.7 Å². The summed E-state index contributed by atoms with van der Waals surface area (Å²) in [6.07, 6.45) is 1.57. The second kappa shape index (κ2) is 12.8. The van der Waals surface area contributed by atoms with Gasteiger partial charge in [0, 0.05) is 12.8 Å². The van der Waals surface area contributed by atoms with Gasteiger partial charge in [0.1, 0.15) is 0 Å². The molecule has 0 bridgehead atoms. The Balaban J connectivity index is 1.70. The summed E-state index contributed by atoms with van der Waals surface area (Å²) in [6, 6.07) is 10.2. The quantitative estimate of drug-likeness (QED) is 0.235. The third kappa shape index (κ3) is 8.43. The summed E-state index contributed by atoms with van der Waals surface area (Å²) in [5.74, 6) is -0.475. The Morgan fingerprint density at radius 3 is 1.41 bits per heavy atom. The second-order valence-corrected chi connectivity index (χ2v) is 8.56. The highest BCUT2D eigenvalue weighted by Crippen LogP contribution is 2.23. The first kappa shape index (κ1) is 26.1. The topological polar surface area (TPSA) is 82.9 Å². The van der Waals surface area contributed by atoms with Crippen molar-refractivity contribution in [1.29, 1.82) is 0 Å². The van der Waals surface area contributed by atoms with Gasteiger partial charge in [-0.3, -0.25) is 9.59 Å². The van der Waals surface area contributed by atoms with E-state index in [2.05, 4.69) is 21.1 Å². The molecule has 0 unspecified atom stereocenters. The van der Waals surface area contributed by atoms with Crippen molar-refractivity contribution >= 4 is 69.6 Å². The molecule has 0 saturated heterocycles. The zero-order chi connectivity index (χ0) is 23.7. The molecule has 2 amide bonds. The van der Waals surface area contributed by atoms with Crippen LogP contribution >= 0.6 is 46.4 Å². The van der Waals surface area contributed by atoms with Crippen molar-refractivity contribution in [2.24, 2.45) is 10.2 Å². The zero-order valence-corrected chi connectivity index (χ0v) is 20.5. The third-order valence-electron chi connectivity index (χ3n) is 4.43. The molecule has 0 atom stereocenters. The van der Waals surface area contributed by atoms with Crippen LogP contribution in [0.5, 0.6) is 0 Å². The standard InChI is InChI=1S/C22H22Cl4N4O2/c1-13(15-7-9-17(23)19(25)11-15)27-29-21(31)5-3-4-6-22(32)30-28-14(2)16-8-10-18(24)20(26)12-16/h7-12H,3-6H2,1-2H3,(H,29,31)(H,30,32)/b27-13+,28-14+. The molecule has 0 aromatic heterocycles. The fourth-order valence-corrected chi connectivity index (χ4v) is 3.14. The molecule has 0 fully saturated rings. The molecule has 2 rings (SSSR count). The van der Waals surface area contributed by atoms with Crippen LogP contribution in [0.4, 0.5) is 0 Å². The number of hydrogen-bond donors (Lipinski definition) is 2. The highest BCUT2D eigenvalue weighted by Gasteiger charge is 2.07. The van der Waals surface area contributed by atoms with Crippen molar-refractivity contribution in [1.82, 2.24) is 10.9 Å². The number of carbonyl (C=O) groups excluding carboxylic acids is 2. The Hall–Kier alpha value is -2.12. The summed E-state index contributed by atoms with van der Waals surface area (Å²) in [6.45, 7) is 3.51. The molecule has 170 valence electrons. The van der Waals surface area contributed by atoms with Crippen LogP contribution in [0.25, 0.3) is 0 Å². The number of hydrogen-bond acceptors (Lipinski definition) is 4. The maximum Gasteiger partial charge on any atom is 0.240 e. The van der Waals surface area contributed by atoms with Gasteiger partial charge in [0.2, 0.25) is 11.8 Å². The number of carbonyl (C=O) groups is 2. The molecular weight excluding hydrogens is 494 g/mol. The van der Waals surface area contributed by atoms with Crippen LogP contribution in [-0.2, 0) is 9.59 Å². The molecule has 0 heterocycles. The number of benzene rings is 2. The largest absolute Gasteiger partial charge is 0.273 e. The van der Waals surface area contributed by atoms with E-state index < -0.39 is 0 Å². The monoisotopic (exact) mass is 514 g/mol. The first-order valence-electron chi connectivity index (χ1n) is 9.74. The van der Waals surface area contributed by atoms with Gasteiger partial charge in [-0.05, 0) is 62.1 Å². The SMILES string of the molecule is C/C(=N\NC(=O)CCCCC(=O)N/N=C(\C)c1ccc(Cl)c(Cl)c1)c1ccc(Cl)c(Cl)c1. The van der Waals surface area contributed by atoms with E-state index in [1.165, 1.54) is 0 Å². The van der Waals surface area contributed by atoms with Crippen molar-refractivity contribution in [2.75, 3.05) is 0 Å². The fourth-order valence-electron chi connectivity index (χ4n) is 2.55. The van der Waals surface area contributed by atoms with Crippen LogP contribution in [0.3, 0.4) is 0 Å². The second-order valence-electron chi connectivity index (χ2n) is 6.93. The number of nitrogens with zero attached hydrogens (tertiary/aromatic N) is 2. The number of unbranched alkanes of at least 4 members (excludes halogenated alkanes) is 1. The van der Waals surface area contributed by atoms with E-state index in [0.717, 1.165) is 11.1 Å². The lowest BCUT2D eigenvalue weighted by atomic mass is 10.1. The highest BCUT2D eigenvalue weighted by molar-refractivity contribution is 6.42. The van der Waals surface area contributed by atoms with Crippen LogP contribution < -0.4 is 10.9 Å². The molecule has 10 heteroatoms. The molecule has 2 aromatic carbocycles. The van der Waals surface area contributed by atoms with E-state index in [4.69, 9.17) is 46.4 Å². The number of hydrazone groups is 2. The van der Waals surface area contributed by atoms with Gasteiger partial charge in [-0.25, -0.2) is 10.9 Å². The summed E-state index contributed by atoms with van der Waals surface area (Å²) in [5.41, 5.74) is 7.72. The fraction of sp³-hybridized carbons (Fsp3) is 0.273. The molecule has 0 aliphatic carbocycles. The molecule has 0 aliphatic heterocycles. The Morgan fingerprint density at radius 2 is 1.06 bits per heavy atom.